The summed E-state index contributed by atoms with van der Waals surface area (Å²) in [5.74, 6) is -3.37. The predicted octanol–water partition coefficient (Wildman–Crippen LogP) is 4.73. The Labute approximate surface area is 305 Å². The number of nitro benzene ring substituents is 2. The Hall–Kier alpha value is -5.26. The minimum atomic E-state index is -1.37. The van der Waals surface area contributed by atoms with Gasteiger partial charge in [-0.2, -0.15) is 0 Å². The fourth-order valence-electron chi connectivity index (χ4n) is 4.70. The van der Waals surface area contributed by atoms with Crippen molar-refractivity contribution in [1.82, 2.24) is 16.0 Å². The van der Waals surface area contributed by atoms with E-state index in [0.29, 0.717) is 18.4 Å². The van der Waals surface area contributed by atoms with Gasteiger partial charge in [0.2, 0.25) is 11.8 Å². The number of carbonyl (C=O) groups is 5. The first-order valence-corrected chi connectivity index (χ1v) is 17.7. The largest absolute Gasteiger partial charge is 0.461 e. The molecule has 2 aromatic carbocycles. The zero-order valence-corrected chi connectivity index (χ0v) is 30.3. The van der Waals surface area contributed by atoms with E-state index in [4.69, 9.17) is 14.2 Å². The van der Waals surface area contributed by atoms with Gasteiger partial charge in [-0.05, 0) is 44.7 Å². The van der Waals surface area contributed by atoms with Gasteiger partial charge in [-0.15, -0.1) is 11.8 Å². The molecule has 2 rings (SSSR count). The maximum absolute atomic E-state index is 13.2. The number of hydrogen-bond donors (Lipinski definition) is 3. The van der Waals surface area contributed by atoms with Crippen molar-refractivity contribution in [3.63, 3.8) is 0 Å². The topological polar surface area (TPSA) is 235 Å². The van der Waals surface area contributed by atoms with Gasteiger partial charge in [0.25, 0.3) is 11.4 Å². The first-order chi connectivity index (χ1) is 24.7. The van der Waals surface area contributed by atoms with Crippen LogP contribution in [0.1, 0.15) is 71.8 Å². The van der Waals surface area contributed by atoms with Crippen molar-refractivity contribution in [2.45, 2.75) is 102 Å². The van der Waals surface area contributed by atoms with Gasteiger partial charge in [-0.1, -0.05) is 57.0 Å². The molecule has 0 radical (unpaired) electrons. The third kappa shape index (κ3) is 15.7. The lowest BCUT2D eigenvalue weighted by atomic mass is 10.1. The molecule has 0 saturated heterocycles. The fourth-order valence-corrected chi connectivity index (χ4v) is 5.72. The van der Waals surface area contributed by atoms with E-state index in [9.17, 15) is 44.2 Å². The molecule has 3 amide bonds. The Bertz CT molecular complexity index is 1540. The average Bonchev–Trinajstić information content (AvgIpc) is 3.10. The molecular formula is C34H45N5O12S. The molecule has 2 aromatic rings. The van der Waals surface area contributed by atoms with Gasteiger partial charge in [0.1, 0.15) is 25.2 Å². The number of alkyl carbamates (subject to hydrolysis) is 1. The summed E-state index contributed by atoms with van der Waals surface area (Å²) in [5, 5.41) is 30.1. The van der Waals surface area contributed by atoms with Crippen molar-refractivity contribution in [3.05, 3.63) is 74.3 Å². The monoisotopic (exact) mass is 747 g/mol. The molecule has 0 aromatic heterocycles. The minimum Gasteiger partial charge on any atom is -0.461 e. The number of nitro groups is 2. The Balaban J connectivity index is 2.19. The number of esters is 2. The lowest BCUT2D eigenvalue weighted by Crippen LogP contribution is -2.50. The van der Waals surface area contributed by atoms with Crippen molar-refractivity contribution in [3.8, 4) is 0 Å². The van der Waals surface area contributed by atoms with Gasteiger partial charge in [-0.25, -0.2) is 9.59 Å². The Morgan fingerprint density at radius 1 is 0.827 bits per heavy atom. The maximum Gasteiger partial charge on any atom is 0.408 e. The van der Waals surface area contributed by atoms with Crippen LogP contribution in [0.5, 0.6) is 0 Å². The van der Waals surface area contributed by atoms with Crippen LogP contribution in [0.2, 0.25) is 0 Å². The molecule has 52 heavy (non-hydrogen) atoms. The normalized spacial score (nSPS) is 13.0. The SMILES string of the molecule is CCCC(C)OC(=O)CNC(=O)C(CSc1ccc([N+](=O)[O-])cc1[N+](=O)[O-])NC(=O)CCC(NC(=O)OCc1ccccc1)C(=O)OC(C)CCC. The van der Waals surface area contributed by atoms with Gasteiger partial charge >= 0.3 is 18.0 Å². The van der Waals surface area contributed by atoms with Crippen LogP contribution in [-0.4, -0.2) is 76.3 Å². The van der Waals surface area contributed by atoms with E-state index in [0.717, 1.165) is 42.8 Å². The molecule has 3 N–H and O–H groups in total. The van der Waals surface area contributed by atoms with Crippen LogP contribution in [0.15, 0.2) is 53.4 Å². The van der Waals surface area contributed by atoms with Gasteiger partial charge in [0.15, 0.2) is 0 Å². The highest BCUT2D eigenvalue weighted by atomic mass is 32.2. The number of carbonyl (C=O) groups excluding carboxylic acids is 5. The highest BCUT2D eigenvalue weighted by Gasteiger charge is 2.29. The van der Waals surface area contributed by atoms with E-state index in [-0.39, 0.29) is 30.1 Å². The molecule has 4 unspecified atom stereocenters. The summed E-state index contributed by atoms with van der Waals surface area (Å²) in [6.45, 7) is 6.61. The lowest BCUT2D eigenvalue weighted by Gasteiger charge is -2.21. The van der Waals surface area contributed by atoms with Crippen molar-refractivity contribution in [2.75, 3.05) is 12.3 Å². The van der Waals surface area contributed by atoms with Gasteiger partial charge in [-0.3, -0.25) is 34.6 Å². The smallest absolute Gasteiger partial charge is 0.408 e. The fraction of sp³-hybridized carbons (Fsp3) is 0.500. The summed E-state index contributed by atoms with van der Waals surface area (Å²) in [5.41, 5.74) is -0.385. The number of hydrogen-bond acceptors (Lipinski definition) is 13. The number of rotatable bonds is 22. The third-order valence-electron chi connectivity index (χ3n) is 7.30. The van der Waals surface area contributed by atoms with E-state index >= 15 is 0 Å². The average molecular weight is 748 g/mol. The summed E-state index contributed by atoms with van der Waals surface area (Å²) in [6, 6.07) is 9.16. The van der Waals surface area contributed by atoms with Crippen LogP contribution < -0.4 is 16.0 Å². The molecule has 4 atom stereocenters. The Morgan fingerprint density at radius 3 is 2.10 bits per heavy atom. The van der Waals surface area contributed by atoms with Gasteiger partial charge in [0, 0.05) is 18.2 Å². The summed E-state index contributed by atoms with van der Waals surface area (Å²) in [4.78, 5) is 85.6. The number of nitrogens with zero attached hydrogens (tertiary/aromatic N) is 2. The summed E-state index contributed by atoms with van der Waals surface area (Å²) >= 11 is 0.775. The number of ether oxygens (including phenoxy) is 3. The molecule has 0 aliphatic carbocycles. The molecular weight excluding hydrogens is 702 g/mol. The van der Waals surface area contributed by atoms with Crippen molar-refractivity contribution in [2.24, 2.45) is 0 Å². The van der Waals surface area contributed by atoms with Crippen molar-refractivity contribution < 1.29 is 48.0 Å². The second-order valence-electron chi connectivity index (χ2n) is 11.7. The molecule has 17 nitrogen and oxygen atoms in total. The second kappa shape index (κ2) is 22.5. The van der Waals surface area contributed by atoms with E-state index < -0.39 is 81.9 Å². The molecule has 0 saturated carbocycles. The van der Waals surface area contributed by atoms with Crippen LogP contribution in [-0.2, 0) is 40.0 Å². The predicted molar refractivity (Wildman–Crippen MR) is 189 cm³/mol. The number of thioether (sulfide) groups is 1. The summed E-state index contributed by atoms with van der Waals surface area (Å²) in [7, 11) is 0. The number of nitrogens with one attached hydrogen (secondary N) is 3. The van der Waals surface area contributed by atoms with Crippen LogP contribution in [0.4, 0.5) is 16.2 Å². The number of amides is 3. The molecule has 0 bridgehead atoms. The Morgan fingerprint density at radius 2 is 1.48 bits per heavy atom. The first kappa shape index (κ1) is 42.9. The first-order valence-electron chi connectivity index (χ1n) is 16.7. The highest BCUT2D eigenvalue weighted by molar-refractivity contribution is 7.99. The summed E-state index contributed by atoms with van der Waals surface area (Å²) < 4.78 is 15.9. The van der Waals surface area contributed by atoms with Crippen LogP contribution >= 0.6 is 11.8 Å². The molecule has 0 fully saturated rings. The van der Waals surface area contributed by atoms with Crippen molar-refractivity contribution in [1.29, 1.82) is 0 Å². The molecule has 284 valence electrons. The van der Waals surface area contributed by atoms with E-state index in [1.165, 1.54) is 0 Å². The van der Waals surface area contributed by atoms with E-state index in [1.807, 2.05) is 13.8 Å². The van der Waals surface area contributed by atoms with E-state index in [1.54, 1.807) is 44.2 Å². The second-order valence-corrected chi connectivity index (χ2v) is 12.8. The standard InChI is InChI=1S/C34H45N5O12S/c1-5-10-22(3)50-31(41)19-35-32(42)27(21-52-29-16-14-25(38(45)46)18-28(29)39(47)48)36-30(40)17-15-26(33(43)51-23(4)11-6-2)37-34(44)49-20-24-12-8-7-9-13-24/h7-9,12-14,16,18,22-23,26-27H,5-6,10-11,15,17,19-21H2,1-4H3,(H,35,42)(H,36,40)(H,37,44). The molecule has 0 heterocycles. The minimum absolute atomic E-state index is 0.0160. The number of benzene rings is 2. The third-order valence-corrected chi connectivity index (χ3v) is 8.46. The van der Waals surface area contributed by atoms with Gasteiger partial charge < -0.3 is 30.2 Å². The zero-order valence-electron chi connectivity index (χ0n) is 29.5. The Kier molecular flexibility index (Phi) is 18.6. The maximum atomic E-state index is 13.2. The molecule has 0 aliphatic heterocycles. The van der Waals surface area contributed by atoms with Crippen LogP contribution in [0, 0.1) is 20.2 Å². The lowest BCUT2D eigenvalue weighted by molar-refractivity contribution is -0.396. The molecule has 18 heteroatoms. The summed E-state index contributed by atoms with van der Waals surface area (Å²) in [6.07, 6.45) is 0.240. The van der Waals surface area contributed by atoms with Crippen LogP contribution in [0.3, 0.4) is 0 Å². The number of non-ortho nitro benzene ring substituents is 1. The zero-order chi connectivity index (χ0) is 38.6. The van der Waals surface area contributed by atoms with Crippen LogP contribution in [0.25, 0.3) is 0 Å². The quantitative estimate of drug-likeness (QED) is 0.0486. The van der Waals surface area contributed by atoms with E-state index in [2.05, 4.69) is 16.0 Å². The highest BCUT2D eigenvalue weighted by Crippen LogP contribution is 2.33. The van der Waals surface area contributed by atoms with Crippen molar-refractivity contribution >= 4 is 53.0 Å². The molecule has 0 aliphatic rings. The van der Waals surface area contributed by atoms with Gasteiger partial charge in [0.05, 0.1) is 33.0 Å². The molecule has 0 spiro atoms.